The topological polar surface area (TPSA) is 24.5 Å². The molecule has 3 aliphatic heterocycles. The standard InChI is InChI=1S/C16H30N2O/c1-18(12-13-5-8-19-9-6-13)7-4-14-10-15-2-3-16(11-14)17-15/h13-17H,2-12H2,1H3. The van der Waals surface area contributed by atoms with Crippen molar-refractivity contribution in [2.75, 3.05) is 33.4 Å². The third kappa shape index (κ3) is 3.93. The van der Waals surface area contributed by atoms with Crippen molar-refractivity contribution in [2.24, 2.45) is 11.8 Å². The Hall–Kier alpha value is -0.120. The van der Waals surface area contributed by atoms with Gasteiger partial charge >= 0.3 is 0 Å². The summed E-state index contributed by atoms with van der Waals surface area (Å²) in [7, 11) is 2.31. The van der Waals surface area contributed by atoms with Crippen LogP contribution in [0, 0.1) is 11.8 Å². The van der Waals surface area contributed by atoms with Crippen LogP contribution in [0.1, 0.15) is 44.9 Å². The number of ether oxygens (including phenoxy) is 1. The monoisotopic (exact) mass is 266 g/mol. The number of hydrogen-bond acceptors (Lipinski definition) is 3. The van der Waals surface area contributed by atoms with Crippen LogP contribution >= 0.6 is 0 Å². The molecular formula is C16H30N2O. The summed E-state index contributed by atoms with van der Waals surface area (Å²) in [5.74, 6) is 1.86. The molecular weight excluding hydrogens is 236 g/mol. The summed E-state index contributed by atoms with van der Waals surface area (Å²) in [6.07, 6.45) is 9.67. The molecule has 2 unspecified atom stereocenters. The van der Waals surface area contributed by atoms with E-state index in [-0.39, 0.29) is 0 Å². The molecule has 0 saturated carbocycles. The Bertz CT molecular complexity index is 266. The Morgan fingerprint density at radius 1 is 1.00 bits per heavy atom. The van der Waals surface area contributed by atoms with E-state index in [0.29, 0.717) is 0 Å². The predicted octanol–water partition coefficient (Wildman–Crippen LogP) is 2.27. The highest BCUT2D eigenvalue weighted by Gasteiger charge is 2.33. The molecule has 1 N–H and O–H groups in total. The maximum Gasteiger partial charge on any atom is 0.0469 e. The van der Waals surface area contributed by atoms with Gasteiger partial charge in [0.15, 0.2) is 0 Å². The largest absolute Gasteiger partial charge is 0.381 e. The summed E-state index contributed by atoms with van der Waals surface area (Å²) < 4.78 is 5.44. The second kappa shape index (κ2) is 6.55. The summed E-state index contributed by atoms with van der Waals surface area (Å²) in [6.45, 7) is 4.54. The lowest BCUT2D eigenvalue weighted by molar-refractivity contribution is 0.0548. The number of piperidine rings is 1. The SMILES string of the molecule is CN(CCC1CC2CCC(C1)N2)CC1CCOCC1. The van der Waals surface area contributed by atoms with Gasteiger partial charge in [-0.2, -0.15) is 0 Å². The molecule has 2 atom stereocenters. The van der Waals surface area contributed by atoms with Crippen LogP contribution in [-0.4, -0.2) is 50.3 Å². The average Bonchev–Trinajstić information content (AvgIpc) is 2.77. The number of fused-ring (bicyclic) bond motifs is 2. The first-order valence-electron chi connectivity index (χ1n) is 8.32. The third-order valence-electron chi connectivity index (χ3n) is 5.40. The Balaban J connectivity index is 1.34. The van der Waals surface area contributed by atoms with Gasteiger partial charge in [0.1, 0.15) is 0 Å². The smallest absolute Gasteiger partial charge is 0.0469 e. The first-order chi connectivity index (χ1) is 9.29. The van der Waals surface area contributed by atoms with Crippen molar-refractivity contribution in [1.82, 2.24) is 10.2 Å². The molecule has 3 rings (SSSR count). The molecule has 3 heteroatoms. The fourth-order valence-corrected chi connectivity index (χ4v) is 4.27. The molecule has 3 heterocycles. The molecule has 3 nitrogen and oxygen atoms in total. The van der Waals surface area contributed by atoms with E-state index in [9.17, 15) is 0 Å². The minimum atomic E-state index is 0.851. The van der Waals surface area contributed by atoms with Crippen molar-refractivity contribution in [3.05, 3.63) is 0 Å². The van der Waals surface area contributed by atoms with Gasteiger partial charge < -0.3 is 15.0 Å². The lowest BCUT2D eigenvalue weighted by Crippen LogP contribution is -2.39. The van der Waals surface area contributed by atoms with Crippen LogP contribution in [0.3, 0.4) is 0 Å². The first-order valence-corrected chi connectivity index (χ1v) is 8.32. The van der Waals surface area contributed by atoms with Crippen LogP contribution in [-0.2, 0) is 4.74 Å². The summed E-state index contributed by atoms with van der Waals surface area (Å²) in [4.78, 5) is 2.57. The molecule has 0 radical (unpaired) electrons. The number of nitrogens with one attached hydrogen (secondary N) is 1. The molecule has 0 aromatic heterocycles. The number of nitrogens with zero attached hydrogens (tertiary/aromatic N) is 1. The molecule has 19 heavy (non-hydrogen) atoms. The maximum atomic E-state index is 5.44. The molecule has 0 spiro atoms. The van der Waals surface area contributed by atoms with Gasteiger partial charge in [0.25, 0.3) is 0 Å². The minimum absolute atomic E-state index is 0.851. The summed E-state index contributed by atoms with van der Waals surface area (Å²) in [5.41, 5.74) is 0. The van der Waals surface area contributed by atoms with E-state index in [1.54, 1.807) is 0 Å². The molecule has 3 aliphatic rings. The zero-order chi connectivity index (χ0) is 13.1. The van der Waals surface area contributed by atoms with Crippen LogP contribution in [0.15, 0.2) is 0 Å². The second-order valence-electron chi connectivity index (χ2n) is 7.08. The Morgan fingerprint density at radius 2 is 1.68 bits per heavy atom. The van der Waals surface area contributed by atoms with Crippen LogP contribution < -0.4 is 5.32 Å². The van der Waals surface area contributed by atoms with Crippen LogP contribution in [0.5, 0.6) is 0 Å². The molecule has 0 aliphatic carbocycles. The Morgan fingerprint density at radius 3 is 2.37 bits per heavy atom. The lowest BCUT2D eigenvalue weighted by atomic mass is 9.89. The molecule has 3 saturated heterocycles. The number of rotatable bonds is 5. The van der Waals surface area contributed by atoms with Gasteiger partial charge in [0.2, 0.25) is 0 Å². The molecule has 0 aromatic carbocycles. The summed E-state index contributed by atoms with van der Waals surface area (Å²) >= 11 is 0. The van der Waals surface area contributed by atoms with Crippen LogP contribution in [0.4, 0.5) is 0 Å². The van der Waals surface area contributed by atoms with Crippen molar-refractivity contribution >= 4 is 0 Å². The highest BCUT2D eigenvalue weighted by Crippen LogP contribution is 2.32. The van der Waals surface area contributed by atoms with Gasteiger partial charge in [0, 0.05) is 31.8 Å². The van der Waals surface area contributed by atoms with Gasteiger partial charge in [-0.3, -0.25) is 0 Å². The molecule has 110 valence electrons. The van der Waals surface area contributed by atoms with E-state index in [0.717, 1.165) is 37.1 Å². The maximum absolute atomic E-state index is 5.44. The van der Waals surface area contributed by atoms with Gasteiger partial charge in [-0.05, 0) is 70.4 Å². The predicted molar refractivity (Wildman–Crippen MR) is 78.3 cm³/mol. The average molecular weight is 266 g/mol. The van der Waals surface area contributed by atoms with Crippen LogP contribution in [0.25, 0.3) is 0 Å². The quantitative estimate of drug-likeness (QED) is 0.826. The molecule has 0 aromatic rings. The van der Waals surface area contributed by atoms with E-state index >= 15 is 0 Å². The summed E-state index contributed by atoms with van der Waals surface area (Å²) in [5, 5.41) is 3.75. The minimum Gasteiger partial charge on any atom is -0.381 e. The van der Waals surface area contributed by atoms with E-state index in [1.807, 2.05) is 0 Å². The van der Waals surface area contributed by atoms with Gasteiger partial charge in [0.05, 0.1) is 0 Å². The Labute approximate surface area is 118 Å². The Kier molecular flexibility index (Phi) is 4.78. The highest BCUT2D eigenvalue weighted by atomic mass is 16.5. The first kappa shape index (κ1) is 13.8. The number of hydrogen-bond donors (Lipinski definition) is 1. The van der Waals surface area contributed by atoms with Crippen molar-refractivity contribution in [3.63, 3.8) is 0 Å². The lowest BCUT2D eigenvalue weighted by Gasteiger charge is -2.31. The normalized spacial score (nSPS) is 36.0. The third-order valence-corrected chi connectivity index (χ3v) is 5.40. The molecule has 0 amide bonds. The molecule has 2 bridgehead atoms. The van der Waals surface area contributed by atoms with E-state index < -0.39 is 0 Å². The fourth-order valence-electron chi connectivity index (χ4n) is 4.27. The van der Waals surface area contributed by atoms with E-state index in [1.165, 1.54) is 58.0 Å². The van der Waals surface area contributed by atoms with Gasteiger partial charge in [-0.15, -0.1) is 0 Å². The van der Waals surface area contributed by atoms with Crippen molar-refractivity contribution < 1.29 is 4.74 Å². The van der Waals surface area contributed by atoms with Crippen molar-refractivity contribution in [2.45, 2.75) is 57.0 Å². The van der Waals surface area contributed by atoms with Gasteiger partial charge in [-0.25, -0.2) is 0 Å². The van der Waals surface area contributed by atoms with E-state index in [2.05, 4.69) is 17.3 Å². The van der Waals surface area contributed by atoms with Crippen molar-refractivity contribution in [1.29, 1.82) is 0 Å². The zero-order valence-corrected chi connectivity index (χ0v) is 12.4. The zero-order valence-electron chi connectivity index (χ0n) is 12.4. The summed E-state index contributed by atoms with van der Waals surface area (Å²) in [6, 6.07) is 1.70. The van der Waals surface area contributed by atoms with Crippen molar-refractivity contribution in [3.8, 4) is 0 Å². The van der Waals surface area contributed by atoms with E-state index in [4.69, 9.17) is 4.74 Å². The second-order valence-corrected chi connectivity index (χ2v) is 7.08. The highest BCUT2D eigenvalue weighted by molar-refractivity contribution is 4.92. The fraction of sp³-hybridized carbons (Fsp3) is 1.00. The van der Waals surface area contributed by atoms with Crippen LogP contribution in [0.2, 0.25) is 0 Å². The van der Waals surface area contributed by atoms with Gasteiger partial charge in [-0.1, -0.05) is 0 Å². The molecule has 3 fully saturated rings.